The highest BCUT2D eigenvalue weighted by atomic mass is 35.5. The molecular formula is C90H62BClF2N10O2. The number of hydrogen-bond acceptors (Lipinski definition) is 10. The topological polar surface area (TPSA) is 152 Å². The maximum atomic E-state index is 17.5. The molecule has 16 heteroatoms. The van der Waals surface area contributed by atoms with Gasteiger partial charge >= 0.3 is 7.12 Å². The third-order valence-corrected chi connectivity index (χ3v) is 18.4. The first kappa shape index (κ1) is 67.0. The van der Waals surface area contributed by atoms with Crippen LogP contribution in [-0.2, 0) is 0 Å². The van der Waals surface area contributed by atoms with Gasteiger partial charge in [-0.1, -0.05) is 267 Å². The van der Waals surface area contributed by atoms with E-state index in [2.05, 4.69) is 66.6 Å². The SMILES string of the molecule is Clc1nc(-c2ccccc2)nc(-c2ccccc2)n1.Fc1c(-c2nc(-c3ccccc3)nc(-c3ccccc3)n2)cc(-n2c3ccccc3c3ccccc32)cc1-c1ccccc1Nc1ccccc1.OB(O)c1cc(-n2c3ccccc3c3ccccc32)cc(-c2ccccc2Nc2ccccc2)c1F. The number of anilines is 4. The molecule has 0 aliphatic heterocycles. The Morgan fingerprint density at radius 2 is 0.566 bits per heavy atom. The number of nitrogens with zero attached hydrogens (tertiary/aromatic N) is 8. The molecule has 14 aromatic carbocycles. The lowest BCUT2D eigenvalue weighted by Gasteiger charge is -2.18. The summed E-state index contributed by atoms with van der Waals surface area (Å²) >= 11 is 5.99. The average Bonchev–Trinajstić information content (AvgIpc) is 1.57. The number of para-hydroxylation sites is 8. The second-order valence-electron chi connectivity index (χ2n) is 25.0. The molecule has 4 heterocycles. The standard InChI is InChI=1S/C45H30FN5.C30H22BFN2O2.C15H10ClN3/c46-42-37(34-22-10-13-25-39(34)47-32-20-8-3-9-21-32)28-33(51-40-26-14-11-23-35(40)36-24-12-15-27-41(36)51)29-38(42)45-49-43(30-16-4-1-5-17-30)48-44(50-45)31-18-6-2-7-19-31;32-30-25(22-12-4-7-15-27(22)33-20-10-2-1-3-11-20)18-21(19-26(30)31(35)36)34-28-16-8-5-13-23(28)24-14-6-9-17-29(24)34;16-15-18-13(11-7-3-1-4-8-11)17-14(19-15)12-9-5-2-6-10-12/h1-29,47H;1-19,33,35-36H;1-10H. The fraction of sp³-hybridized carbons (Fsp3) is 0. The van der Waals surface area contributed by atoms with Crippen LogP contribution >= 0.6 is 11.6 Å². The zero-order valence-electron chi connectivity index (χ0n) is 56.7. The molecule has 0 unspecified atom stereocenters. The van der Waals surface area contributed by atoms with Crippen molar-refractivity contribution in [3.05, 3.63) is 369 Å². The molecule has 106 heavy (non-hydrogen) atoms. The Morgan fingerprint density at radius 3 is 0.934 bits per heavy atom. The normalized spacial score (nSPS) is 11.1. The Hall–Kier alpha value is -13.6. The van der Waals surface area contributed by atoms with E-state index in [0.717, 1.165) is 88.6 Å². The largest absolute Gasteiger partial charge is 0.491 e. The van der Waals surface area contributed by atoms with Crippen LogP contribution < -0.4 is 16.1 Å². The summed E-state index contributed by atoms with van der Waals surface area (Å²) < 4.78 is 37.6. The molecule has 12 nitrogen and oxygen atoms in total. The minimum Gasteiger partial charge on any atom is -0.423 e. The van der Waals surface area contributed by atoms with Crippen LogP contribution in [0.4, 0.5) is 31.5 Å². The zero-order chi connectivity index (χ0) is 71.9. The highest BCUT2D eigenvalue weighted by molar-refractivity contribution is 6.59. The van der Waals surface area contributed by atoms with E-state index in [-0.39, 0.29) is 27.7 Å². The van der Waals surface area contributed by atoms with Crippen molar-refractivity contribution in [1.29, 1.82) is 0 Å². The van der Waals surface area contributed by atoms with Crippen LogP contribution in [0.2, 0.25) is 5.28 Å². The summed E-state index contributed by atoms with van der Waals surface area (Å²) in [5.74, 6) is 1.25. The van der Waals surface area contributed by atoms with Crippen LogP contribution in [-0.4, -0.2) is 56.2 Å². The summed E-state index contributed by atoms with van der Waals surface area (Å²) in [6, 6.07) is 113. The first-order chi connectivity index (χ1) is 52.1. The second-order valence-corrected chi connectivity index (χ2v) is 25.3. The predicted molar refractivity (Wildman–Crippen MR) is 427 cm³/mol. The van der Waals surface area contributed by atoms with E-state index in [4.69, 9.17) is 26.6 Å². The Morgan fingerprint density at radius 1 is 0.283 bits per heavy atom. The van der Waals surface area contributed by atoms with Crippen molar-refractivity contribution >= 4 is 90.5 Å². The minimum absolute atomic E-state index is 0.182. The molecular weight excluding hydrogens is 1340 g/mol. The first-order valence-corrected chi connectivity index (χ1v) is 34.8. The second kappa shape index (κ2) is 30.2. The molecule has 0 aliphatic carbocycles. The fourth-order valence-electron chi connectivity index (χ4n) is 13.4. The lowest BCUT2D eigenvalue weighted by atomic mass is 9.77. The van der Waals surface area contributed by atoms with Crippen LogP contribution in [0, 0.1) is 11.6 Å². The molecule has 4 aromatic heterocycles. The Balaban J connectivity index is 0.000000135. The molecule has 0 bridgehead atoms. The van der Waals surface area contributed by atoms with Crippen LogP contribution in [0.25, 0.3) is 134 Å². The molecule has 508 valence electrons. The fourth-order valence-corrected chi connectivity index (χ4v) is 13.5. The van der Waals surface area contributed by atoms with Crippen molar-refractivity contribution in [1.82, 2.24) is 39.0 Å². The Bertz CT molecular complexity index is 5960. The van der Waals surface area contributed by atoms with E-state index in [9.17, 15) is 10.0 Å². The molecule has 18 rings (SSSR count). The number of hydrogen-bond donors (Lipinski definition) is 4. The van der Waals surface area contributed by atoms with E-state index in [1.54, 1.807) is 6.07 Å². The van der Waals surface area contributed by atoms with E-state index in [1.807, 2.05) is 308 Å². The van der Waals surface area contributed by atoms with Crippen molar-refractivity contribution in [2.75, 3.05) is 10.6 Å². The van der Waals surface area contributed by atoms with Crippen molar-refractivity contribution in [3.63, 3.8) is 0 Å². The number of nitrogens with one attached hydrogen (secondary N) is 2. The highest BCUT2D eigenvalue weighted by Crippen LogP contribution is 2.42. The van der Waals surface area contributed by atoms with Gasteiger partial charge in [-0.05, 0) is 96.5 Å². The third kappa shape index (κ3) is 13.9. The highest BCUT2D eigenvalue weighted by Gasteiger charge is 2.27. The number of aromatic nitrogens is 8. The van der Waals surface area contributed by atoms with E-state index < -0.39 is 18.8 Å². The van der Waals surface area contributed by atoms with Gasteiger partial charge in [-0.15, -0.1) is 0 Å². The van der Waals surface area contributed by atoms with Gasteiger partial charge in [0.05, 0.1) is 27.6 Å². The predicted octanol–water partition coefficient (Wildman–Crippen LogP) is 21.4. The number of fused-ring (bicyclic) bond motifs is 6. The van der Waals surface area contributed by atoms with Crippen LogP contribution in [0.3, 0.4) is 0 Å². The quantitative estimate of drug-likeness (QED) is 0.0775. The van der Waals surface area contributed by atoms with Gasteiger partial charge in [0.15, 0.2) is 29.1 Å². The smallest absolute Gasteiger partial charge is 0.423 e. The van der Waals surface area contributed by atoms with Crippen LogP contribution in [0.5, 0.6) is 0 Å². The molecule has 0 amide bonds. The average molecular weight is 1400 g/mol. The van der Waals surface area contributed by atoms with Gasteiger partial charge in [0.2, 0.25) is 5.28 Å². The molecule has 0 atom stereocenters. The summed E-state index contributed by atoms with van der Waals surface area (Å²) in [5.41, 5.74) is 14.2. The zero-order valence-corrected chi connectivity index (χ0v) is 57.4. The lowest BCUT2D eigenvalue weighted by molar-refractivity contribution is 0.423. The van der Waals surface area contributed by atoms with Crippen molar-refractivity contribution in [2.24, 2.45) is 0 Å². The Kier molecular flexibility index (Phi) is 19.1. The lowest BCUT2D eigenvalue weighted by Crippen LogP contribution is -2.33. The minimum atomic E-state index is -1.97. The molecule has 0 fully saturated rings. The summed E-state index contributed by atoms with van der Waals surface area (Å²) in [4.78, 5) is 27.6. The van der Waals surface area contributed by atoms with Gasteiger partial charge in [0, 0.05) is 106 Å². The summed E-state index contributed by atoms with van der Waals surface area (Å²) in [7, 11) is -1.97. The molecule has 0 radical (unpaired) electrons. The van der Waals surface area contributed by atoms with Crippen molar-refractivity contribution in [3.8, 4) is 90.6 Å². The molecule has 0 saturated heterocycles. The molecule has 0 aliphatic rings. The molecule has 4 N–H and O–H groups in total. The number of rotatable bonds is 14. The number of benzene rings is 14. The van der Waals surface area contributed by atoms with Gasteiger partial charge in [-0.2, -0.15) is 9.97 Å². The summed E-state index contributed by atoms with van der Waals surface area (Å²) in [6.45, 7) is 0. The maximum absolute atomic E-state index is 17.5. The van der Waals surface area contributed by atoms with Gasteiger partial charge in [-0.25, -0.2) is 28.7 Å². The van der Waals surface area contributed by atoms with Crippen molar-refractivity contribution in [2.45, 2.75) is 0 Å². The summed E-state index contributed by atoms with van der Waals surface area (Å²) in [6.07, 6.45) is 0. The monoisotopic (exact) mass is 1400 g/mol. The van der Waals surface area contributed by atoms with Gasteiger partial charge in [-0.3, -0.25) is 0 Å². The first-order valence-electron chi connectivity index (χ1n) is 34.4. The maximum Gasteiger partial charge on any atom is 0.491 e. The molecule has 0 saturated carbocycles. The van der Waals surface area contributed by atoms with Gasteiger partial charge < -0.3 is 29.8 Å². The van der Waals surface area contributed by atoms with Gasteiger partial charge in [0.25, 0.3) is 0 Å². The van der Waals surface area contributed by atoms with E-state index in [0.29, 0.717) is 51.4 Å². The van der Waals surface area contributed by atoms with Crippen LogP contribution in [0.15, 0.2) is 352 Å². The molecule has 0 spiro atoms. The van der Waals surface area contributed by atoms with Crippen molar-refractivity contribution < 1.29 is 18.8 Å². The molecule has 18 aromatic rings. The van der Waals surface area contributed by atoms with E-state index in [1.165, 1.54) is 6.07 Å². The van der Waals surface area contributed by atoms with E-state index >= 15 is 8.78 Å². The van der Waals surface area contributed by atoms with Gasteiger partial charge in [0.1, 0.15) is 11.6 Å². The van der Waals surface area contributed by atoms with Crippen LogP contribution in [0.1, 0.15) is 0 Å². The third-order valence-electron chi connectivity index (χ3n) is 18.3. The Labute approximate surface area is 614 Å². The number of halogens is 3. The summed E-state index contributed by atoms with van der Waals surface area (Å²) in [5, 5.41) is 31.7.